The van der Waals surface area contributed by atoms with E-state index in [0.717, 1.165) is 0 Å². The first-order valence-electron chi connectivity index (χ1n) is 3.21. The topological polar surface area (TPSA) is 118 Å². The number of hydrogen-bond acceptors (Lipinski definition) is 4. The highest BCUT2D eigenvalue weighted by molar-refractivity contribution is 5.71. The van der Waals surface area contributed by atoms with Crippen LogP contribution in [0.1, 0.15) is 6.92 Å². The van der Waals surface area contributed by atoms with Gasteiger partial charge in [-0.15, -0.1) is 0 Å². The lowest BCUT2D eigenvalue weighted by atomic mass is 10.4. The van der Waals surface area contributed by atoms with Gasteiger partial charge in [0.15, 0.2) is 6.10 Å². The summed E-state index contributed by atoms with van der Waals surface area (Å²) in [5.41, 5.74) is 0. The Bertz CT molecular complexity index is 125. The molecule has 0 saturated heterocycles. The highest BCUT2D eigenvalue weighted by atomic mass is 16.5. The van der Waals surface area contributed by atoms with E-state index in [-0.39, 0.29) is 12.1 Å². The zero-order chi connectivity index (χ0) is 8.85. The molecule has 0 aromatic heterocycles. The van der Waals surface area contributed by atoms with Crippen LogP contribution in [0, 0.1) is 0 Å². The molecule has 2 atom stereocenters. The summed E-state index contributed by atoms with van der Waals surface area (Å²) in [7, 11) is 0. The molecule has 12 heavy (non-hydrogen) atoms. The first kappa shape index (κ1) is 13.9. The zero-order valence-corrected chi connectivity index (χ0v) is 6.73. The lowest BCUT2D eigenvalue weighted by molar-refractivity contribution is -0.151. The third kappa shape index (κ3) is 6.05. The van der Waals surface area contributed by atoms with Gasteiger partial charge in [-0.2, -0.15) is 0 Å². The lowest BCUT2D eigenvalue weighted by Crippen LogP contribution is -2.27. The minimum Gasteiger partial charge on any atom is -0.479 e. The van der Waals surface area contributed by atoms with Crippen molar-refractivity contribution in [2.24, 2.45) is 0 Å². The number of hydrogen-bond donors (Lipinski definition) is 3. The predicted octanol–water partition coefficient (Wildman–Crippen LogP) is -2.00. The summed E-state index contributed by atoms with van der Waals surface area (Å²) in [6, 6.07) is 0. The molecular formula is C6H14O6. The Kier molecular flexibility index (Phi) is 8.07. The number of aliphatic hydroxyl groups excluding tert-OH is 2. The van der Waals surface area contributed by atoms with Crippen molar-refractivity contribution in [3.8, 4) is 0 Å². The smallest absolute Gasteiger partial charge is 0.332 e. The maximum Gasteiger partial charge on any atom is 0.332 e. The average molecular weight is 182 g/mol. The van der Waals surface area contributed by atoms with Gasteiger partial charge in [-0.3, -0.25) is 0 Å². The molecule has 0 aromatic rings. The van der Waals surface area contributed by atoms with E-state index in [0.29, 0.717) is 0 Å². The van der Waals surface area contributed by atoms with Gasteiger partial charge in [-0.25, -0.2) is 4.79 Å². The van der Waals surface area contributed by atoms with E-state index in [1.54, 1.807) is 0 Å². The van der Waals surface area contributed by atoms with Crippen LogP contribution < -0.4 is 0 Å². The predicted molar refractivity (Wildman–Crippen MR) is 39.8 cm³/mol. The van der Waals surface area contributed by atoms with E-state index < -0.39 is 24.8 Å². The summed E-state index contributed by atoms with van der Waals surface area (Å²) < 4.78 is 4.65. The van der Waals surface area contributed by atoms with Gasteiger partial charge in [-0.05, 0) is 6.92 Å². The number of carboxylic acids is 1. The third-order valence-corrected chi connectivity index (χ3v) is 1.10. The summed E-state index contributed by atoms with van der Waals surface area (Å²) in [5, 5.41) is 25.3. The molecule has 0 radical (unpaired) electrons. The average Bonchev–Trinajstić information content (AvgIpc) is 1.99. The van der Waals surface area contributed by atoms with E-state index in [1.165, 1.54) is 6.92 Å². The summed E-state index contributed by atoms with van der Waals surface area (Å²) in [6.07, 6.45) is -1.95. The molecule has 0 amide bonds. The van der Waals surface area contributed by atoms with Crippen LogP contribution in [0.5, 0.6) is 0 Å². The maximum atomic E-state index is 10.1. The molecule has 0 spiro atoms. The molecule has 2 unspecified atom stereocenters. The first-order chi connectivity index (χ1) is 5.07. The Morgan fingerprint density at radius 1 is 1.58 bits per heavy atom. The molecular weight excluding hydrogens is 168 g/mol. The molecule has 6 nitrogen and oxygen atoms in total. The molecule has 0 fully saturated rings. The van der Waals surface area contributed by atoms with E-state index in [1.807, 2.05) is 0 Å². The van der Waals surface area contributed by atoms with Crippen molar-refractivity contribution in [3.05, 3.63) is 0 Å². The largest absolute Gasteiger partial charge is 0.479 e. The fraction of sp³-hybridized carbons (Fsp3) is 0.833. The maximum absolute atomic E-state index is 10.1. The van der Waals surface area contributed by atoms with Gasteiger partial charge in [0, 0.05) is 0 Å². The Labute approximate surface area is 69.7 Å². The molecule has 0 aliphatic carbocycles. The molecule has 5 N–H and O–H groups in total. The summed E-state index contributed by atoms with van der Waals surface area (Å²) >= 11 is 0. The third-order valence-electron chi connectivity index (χ3n) is 1.10. The minimum absolute atomic E-state index is 0. The fourth-order valence-corrected chi connectivity index (χ4v) is 0.379. The van der Waals surface area contributed by atoms with Gasteiger partial charge < -0.3 is 25.5 Å². The van der Waals surface area contributed by atoms with E-state index in [4.69, 9.17) is 15.3 Å². The quantitative estimate of drug-likeness (QED) is 0.454. The van der Waals surface area contributed by atoms with Crippen molar-refractivity contribution in [2.75, 3.05) is 13.2 Å². The minimum atomic E-state index is -1.09. The van der Waals surface area contributed by atoms with Crippen LogP contribution in [-0.4, -0.2) is 52.2 Å². The summed E-state index contributed by atoms with van der Waals surface area (Å²) in [5.74, 6) is -1.09. The normalized spacial score (nSPS) is 14.6. The Morgan fingerprint density at radius 3 is 2.42 bits per heavy atom. The Balaban J connectivity index is 0. The summed E-state index contributed by atoms with van der Waals surface area (Å²) in [6.45, 7) is 0.767. The van der Waals surface area contributed by atoms with E-state index in [2.05, 4.69) is 4.74 Å². The SMILES string of the molecule is CC(OCC(O)CO)C(=O)O.O. The highest BCUT2D eigenvalue weighted by Crippen LogP contribution is 1.92. The van der Waals surface area contributed by atoms with Gasteiger partial charge in [0.2, 0.25) is 0 Å². The van der Waals surface area contributed by atoms with Crippen LogP contribution in [0.3, 0.4) is 0 Å². The second kappa shape index (κ2) is 6.99. The standard InChI is InChI=1S/C6H12O5.H2O/c1-4(6(9)10)11-3-5(8)2-7;/h4-5,7-8H,2-3H2,1H3,(H,9,10);1H2. The number of rotatable bonds is 5. The second-order valence-corrected chi connectivity index (χ2v) is 2.15. The van der Waals surface area contributed by atoms with E-state index in [9.17, 15) is 4.79 Å². The molecule has 0 bridgehead atoms. The number of aliphatic hydroxyl groups is 2. The van der Waals surface area contributed by atoms with Gasteiger partial charge in [0.25, 0.3) is 0 Å². The number of carboxylic acid groups (broad SMARTS) is 1. The Hall–Kier alpha value is -0.690. The van der Waals surface area contributed by atoms with Crippen LogP contribution in [0.2, 0.25) is 0 Å². The van der Waals surface area contributed by atoms with Gasteiger partial charge in [0.05, 0.1) is 13.2 Å². The van der Waals surface area contributed by atoms with Crippen molar-refractivity contribution >= 4 is 5.97 Å². The molecule has 74 valence electrons. The van der Waals surface area contributed by atoms with Crippen LogP contribution in [0.15, 0.2) is 0 Å². The van der Waals surface area contributed by atoms with Crippen molar-refractivity contribution in [1.82, 2.24) is 0 Å². The number of ether oxygens (including phenoxy) is 1. The molecule has 0 saturated carbocycles. The van der Waals surface area contributed by atoms with Crippen LogP contribution in [0.4, 0.5) is 0 Å². The molecule has 0 aromatic carbocycles. The Morgan fingerprint density at radius 2 is 2.08 bits per heavy atom. The van der Waals surface area contributed by atoms with Crippen molar-refractivity contribution in [2.45, 2.75) is 19.1 Å². The number of aliphatic carboxylic acids is 1. The van der Waals surface area contributed by atoms with Crippen molar-refractivity contribution in [3.63, 3.8) is 0 Å². The lowest BCUT2D eigenvalue weighted by Gasteiger charge is -2.10. The molecule has 0 aliphatic heterocycles. The highest BCUT2D eigenvalue weighted by Gasteiger charge is 2.12. The van der Waals surface area contributed by atoms with Crippen molar-refractivity contribution in [1.29, 1.82) is 0 Å². The zero-order valence-electron chi connectivity index (χ0n) is 6.73. The monoisotopic (exact) mass is 182 g/mol. The van der Waals surface area contributed by atoms with Crippen LogP contribution in [-0.2, 0) is 9.53 Å². The van der Waals surface area contributed by atoms with Gasteiger partial charge in [-0.1, -0.05) is 0 Å². The van der Waals surface area contributed by atoms with Crippen LogP contribution >= 0.6 is 0 Å². The number of carbonyl (C=O) groups is 1. The summed E-state index contributed by atoms with van der Waals surface area (Å²) in [4.78, 5) is 10.1. The van der Waals surface area contributed by atoms with Gasteiger partial charge >= 0.3 is 5.97 Å². The van der Waals surface area contributed by atoms with Gasteiger partial charge in [0.1, 0.15) is 6.10 Å². The van der Waals surface area contributed by atoms with E-state index >= 15 is 0 Å². The first-order valence-corrected chi connectivity index (χ1v) is 3.21. The molecule has 6 heteroatoms. The second-order valence-electron chi connectivity index (χ2n) is 2.15. The molecule has 0 aliphatic rings. The molecule has 0 rings (SSSR count). The van der Waals surface area contributed by atoms with Crippen molar-refractivity contribution < 1.29 is 30.3 Å². The fourth-order valence-electron chi connectivity index (χ4n) is 0.379. The van der Waals surface area contributed by atoms with Crippen LogP contribution in [0.25, 0.3) is 0 Å². The molecule has 0 heterocycles.